The first-order valence-electron chi connectivity index (χ1n) is 10.3. The Morgan fingerprint density at radius 1 is 0.933 bits per heavy atom. The van der Waals surface area contributed by atoms with Crippen LogP contribution in [0.2, 0.25) is 5.02 Å². The molecule has 5 aliphatic rings. The van der Waals surface area contributed by atoms with E-state index in [0.717, 1.165) is 6.42 Å². The topological polar surface area (TPSA) is 66.5 Å². The van der Waals surface area contributed by atoms with Gasteiger partial charge in [-0.1, -0.05) is 29.8 Å². The highest BCUT2D eigenvalue weighted by atomic mass is 35.5. The van der Waals surface area contributed by atoms with Crippen molar-refractivity contribution in [3.8, 4) is 0 Å². The third-order valence-electron chi connectivity index (χ3n) is 7.13. The molecule has 0 aromatic heterocycles. The number of imide groups is 1. The predicted molar refractivity (Wildman–Crippen MR) is 113 cm³/mol. The summed E-state index contributed by atoms with van der Waals surface area (Å²) in [5.41, 5.74) is 1.58. The first-order chi connectivity index (χ1) is 14.5. The van der Waals surface area contributed by atoms with Gasteiger partial charge in [0.15, 0.2) is 0 Å². The van der Waals surface area contributed by atoms with E-state index in [9.17, 15) is 14.4 Å². The van der Waals surface area contributed by atoms with Gasteiger partial charge in [-0.15, -0.1) is 0 Å². The summed E-state index contributed by atoms with van der Waals surface area (Å²) in [4.78, 5) is 40.2. The number of nitrogens with zero attached hydrogens (tertiary/aromatic N) is 1. The van der Waals surface area contributed by atoms with E-state index in [1.165, 1.54) is 4.90 Å². The van der Waals surface area contributed by atoms with E-state index in [2.05, 4.69) is 17.5 Å². The van der Waals surface area contributed by atoms with Crippen LogP contribution in [0.5, 0.6) is 0 Å². The highest BCUT2D eigenvalue weighted by Crippen LogP contribution is 2.65. The number of rotatable bonds is 3. The number of nitrogens with one attached hydrogen (secondary N) is 1. The van der Waals surface area contributed by atoms with Crippen LogP contribution in [-0.2, 0) is 9.59 Å². The van der Waals surface area contributed by atoms with E-state index >= 15 is 0 Å². The Balaban J connectivity index is 1.23. The molecule has 2 bridgehead atoms. The van der Waals surface area contributed by atoms with Gasteiger partial charge in [0, 0.05) is 16.3 Å². The maximum absolute atomic E-state index is 13.2. The Bertz CT molecular complexity index is 1090. The fourth-order valence-corrected chi connectivity index (χ4v) is 5.93. The van der Waals surface area contributed by atoms with E-state index in [1.54, 1.807) is 48.5 Å². The molecule has 30 heavy (non-hydrogen) atoms. The molecule has 1 saturated heterocycles. The fraction of sp³-hybridized carbons (Fsp3) is 0.292. The third kappa shape index (κ3) is 2.51. The molecule has 2 saturated carbocycles. The third-order valence-corrected chi connectivity index (χ3v) is 7.37. The van der Waals surface area contributed by atoms with Gasteiger partial charge in [0.25, 0.3) is 5.91 Å². The monoisotopic (exact) mass is 418 g/mol. The average Bonchev–Trinajstić information content (AvgIpc) is 3.52. The van der Waals surface area contributed by atoms with Crippen molar-refractivity contribution in [2.45, 2.75) is 6.42 Å². The number of hydrogen-bond acceptors (Lipinski definition) is 3. The molecule has 4 aliphatic carbocycles. The first-order valence-corrected chi connectivity index (χ1v) is 10.6. The van der Waals surface area contributed by atoms with Gasteiger partial charge in [-0.05, 0) is 72.6 Å². The summed E-state index contributed by atoms with van der Waals surface area (Å²) in [6, 6.07) is 13.6. The molecule has 5 nitrogen and oxygen atoms in total. The SMILES string of the molecule is O=C(Nc1cccc(Cl)c1)c1ccc(N2C(=O)[C@@H]3[C@H]4C=C[C@@H]([C@@H]5C[C@H]45)[C@@H]3C2=O)cc1. The molecule has 0 radical (unpaired) electrons. The minimum atomic E-state index is -0.279. The van der Waals surface area contributed by atoms with Crippen molar-refractivity contribution in [1.29, 1.82) is 0 Å². The lowest BCUT2D eigenvalue weighted by Gasteiger charge is -2.37. The van der Waals surface area contributed by atoms with Gasteiger partial charge in [0.1, 0.15) is 0 Å². The summed E-state index contributed by atoms with van der Waals surface area (Å²) in [5, 5.41) is 3.34. The summed E-state index contributed by atoms with van der Waals surface area (Å²) in [7, 11) is 0. The molecule has 2 aromatic carbocycles. The van der Waals surface area contributed by atoms with Crippen molar-refractivity contribution in [1.82, 2.24) is 0 Å². The number of anilines is 2. The molecule has 1 heterocycles. The second kappa shape index (κ2) is 6.29. The molecule has 7 rings (SSSR count). The van der Waals surface area contributed by atoms with Crippen molar-refractivity contribution >= 4 is 40.7 Å². The quantitative estimate of drug-likeness (QED) is 0.601. The largest absolute Gasteiger partial charge is 0.322 e. The van der Waals surface area contributed by atoms with E-state index in [1.807, 2.05) is 0 Å². The van der Waals surface area contributed by atoms with Crippen molar-refractivity contribution in [2.75, 3.05) is 10.2 Å². The number of carbonyl (C=O) groups excluding carboxylic acids is 3. The highest BCUT2D eigenvalue weighted by Gasteiger charge is 2.67. The number of allylic oxidation sites excluding steroid dienone is 2. The van der Waals surface area contributed by atoms with Crippen LogP contribution >= 0.6 is 11.6 Å². The number of carbonyl (C=O) groups is 3. The lowest BCUT2D eigenvalue weighted by atomic mass is 9.63. The van der Waals surface area contributed by atoms with E-state index < -0.39 is 0 Å². The van der Waals surface area contributed by atoms with Gasteiger partial charge in [-0.2, -0.15) is 0 Å². The smallest absolute Gasteiger partial charge is 0.255 e. The normalized spacial score (nSPS) is 32.8. The van der Waals surface area contributed by atoms with E-state index in [-0.39, 0.29) is 41.4 Å². The Morgan fingerprint density at radius 2 is 1.57 bits per heavy atom. The van der Waals surface area contributed by atoms with Gasteiger partial charge >= 0.3 is 0 Å². The fourth-order valence-electron chi connectivity index (χ4n) is 5.74. The molecular formula is C24H19ClN2O3. The van der Waals surface area contributed by atoms with Gasteiger partial charge in [0.05, 0.1) is 17.5 Å². The molecule has 6 atom stereocenters. The van der Waals surface area contributed by atoms with Crippen LogP contribution < -0.4 is 10.2 Å². The Labute approximate surface area is 178 Å². The molecule has 1 N–H and O–H groups in total. The summed E-state index contributed by atoms with van der Waals surface area (Å²) in [6.45, 7) is 0. The van der Waals surface area contributed by atoms with Crippen molar-refractivity contribution in [3.63, 3.8) is 0 Å². The van der Waals surface area contributed by atoms with Crippen LogP contribution in [0.1, 0.15) is 16.8 Å². The summed E-state index contributed by atoms with van der Waals surface area (Å²) >= 11 is 5.96. The van der Waals surface area contributed by atoms with Crippen LogP contribution in [-0.4, -0.2) is 17.7 Å². The van der Waals surface area contributed by atoms with Crippen LogP contribution in [0.25, 0.3) is 0 Å². The Kier molecular flexibility index (Phi) is 3.75. The number of halogens is 1. The molecule has 1 aliphatic heterocycles. The molecule has 150 valence electrons. The zero-order valence-corrected chi connectivity index (χ0v) is 16.8. The number of hydrogen-bond donors (Lipinski definition) is 1. The zero-order valence-electron chi connectivity index (χ0n) is 16.0. The van der Waals surface area contributed by atoms with Gasteiger partial charge < -0.3 is 5.32 Å². The lowest BCUT2D eigenvalue weighted by Crippen LogP contribution is -2.40. The van der Waals surface area contributed by atoms with E-state index in [0.29, 0.717) is 33.8 Å². The first kappa shape index (κ1) is 17.9. The van der Waals surface area contributed by atoms with Crippen LogP contribution in [0.3, 0.4) is 0 Å². The summed E-state index contributed by atoms with van der Waals surface area (Å²) < 4.78 is 0. The minimum absolute atomic E-state index is 0.0918. The highest BCUT2D eigenvalue weighted by molar-refractivity contribution is 6.31. The molecule has 2 aromatic rings. The average molecular weight is 419 g/mol. The maximum Gasteiger partial charge on any atom is 0.255 e. The summed E-state index contributed by atoms with van der Waals surface area (Å²) in [5.74, 6) is 0.661. The van der Waals surface area contributed by atoms with Gasteiger partial charge in [0.2, 0.25) is 11.8 Å². The Hall–Kier alpha value is -2.92. The molecule has 3 amide bonds. The second-order valence-electron chi connectivity index (χ2n) is 8.68. The zero-order chi connectivity index (χ0) is 20.6. The van der Waals surface area contributed by atoms with Crippen LogP contribution in [0.4, 0.5) is 11.4 Å². The molecular weight excluding hydrogens is 400 g/mol. The van der Waals surface area contributed by atoms with E-state index in [4.69, 9.17) is 11.6 Å². The number of benzene rings is 2. The second-order valence-corrected chi connectivity index (χ2v) is 9.11. The van der Waals surface area contributed by atoms with Gasteiger partial charge in [-0.3, -0.25) is 19.3 Å². The molecule has 0 spiro atoms. The summed E-state index contributed by atoms with van der Waals surface area (Å²) in [6.07, 6.45) is 5.47. The lowest BCUT2D eigenvalue weighted by molar-refractivity contribution is -0.124. The molecule has 0 unspecified atom stereocenters. The van der Waals surface area contributed by atoms with Gasteiger partial charge in [-0.25, -0.2) is 0 Å². The predicted octanol–water partition coefficient (Wildman–Crippen LogP) is 4.15. The van der Waals surface area contributed by atoms with Crippen molar-refractivity contribution < 1.29 is 14.4 Å². The number of amides is 3. The molecule has 6 heteroatoms. The maximum atomic E-state index is 13.2. The van der Waals surface area contributed by atoms with Crippen LogP contribution in [0, 0.1) is 35.5 Å². The van der Waals surface area contributed by atoms with Crippen LogP contribution in [0.15, 0.2) is 60.7 Å². The van der Waals surface area contributed by atoms with Crippen molar-refractivity contribution in [2.24, 2.45) is 35.5 Å². The molecule has 3 fully saturated rings. The standard InChI is InChI=1S/C24H19ClN2O3/c25-13-2-1-3-14(10-13)26-22(28)12-4-6-15(7-5-12)27-23(29)20-16-8-9-17(19-11-18(16)19)21(20)24(27)30/h1-10,16-21H,11H2,(H,26,28)/t16-,17-,18-,19+,20-,21+/m0/s1. The Morgan fingerprint density at radius 3 is 2.17 bits per heavy atom. The van der Waals surface area contributed by atoms with Crippen molar-refractivity contribution in [3.05, 3.63) is 71.3 Å². The minimum Gasteiger partial charge on any atom is -0.322 e.